The molecule has 0 radical (unpaired) electrons. The lowest BCUT2D eigenvalue weighted by atomic mass is 9.87. The number of likely N-dealkylation sites (tertiary alicyclic amines) is 1. The van der Waals surface area contributed by atoms with Crippen molar-refractivity contribution in [3.05, 3.63) is 29.8 Å². The number of nitrogens with two attached hydrogens (primary N) is 1. The van der Waals surface area contributed by atoms with E-state index in [9.17, 15) is 0 Å². The molecule has 156 valence electrons. The Morgan fingerprint density at radius 2 is 1.61 bits per heavy atom. The highest BCUT2D eigenvalue weighted by Gasteiger charge is 2.20. The molecule has 0 aliphatic carbocycles. The van der Waals surface area contributed by atoms with Crippen molar-refractivity contribution >= 4 is 22.9 Å². The average molecular weight is 403 g/mol. The Kier molecular flexibility index (Phi) is 7.35. The minimum atomic E-state index is 0.220. The summed E-state index contributed by atoms with van der Waals surface area (Å²) in [5.74, 6) is 0. The van der Waals surface area contributed by atoms with Gasteiger partial charge in [0.25, 0.3) is 0 Å². The van der Waals surface area contributed by atoms with E-state index in [0.717, 1.165) is 70.1 Å². The molecule has 0 aromatic heterocycles. The fourth-order valence-corrected chi connectivity index (χ4v) is 4.49. The predicted octanol–water partition coefficient (Wildman–Crippen LogP) is 3.64. The maximum Gasteiger partial charge on any atom is 0.0779 e. The van der Waals surface area contributed by atoms with Crippen molar-refractivity contribution < 1.29 is 0 Å². The summed E-state index contributed by atoms with van der Waals surface area (Å²) in [4.78, 5) is 8.63. The van der Waals surface area contributed by atoms with Crippen molar-refractivity contribution in [2.45, 2.75) is 57.9 Å². The first kappa shape index (κ1) is 21.5. The van der Waals surface area contributed by atoms with Gasteiger partial charge in [-0.05, 0) is 55.3 Å². The lowest BCUT2D eigenvalue weighted by molar-refractivity contribution is 0.254. The van der Waals surface area contributed by atoms with Gasteiger partial charge in [0.1, 0.15) is 0 Å². The molecule has 5 heteroatoms. The highest BCUT2D eigenvalue weighted by Crippen LogP contribution is 2.25. The Balaban J connectivity index is 1.37. The van der Waals surface area contributed by atoms with E-state index in [1.165, 1.54) is 17.7 Å². The van der Waals surface area contributed by atoms with Crippen molar-refractivity contribution in [2.75, 3.05) is 50.7 Å². The van der Waals surface area contributed by atoms with Crippen molar-refractivity contribution in [3.8, 4) is 0 Å². The summed E-state index contributed by atoms with van der Waals surface area (Å²) >= 11 is 5.66. The third kappa shape index (κ3) is 5.91. The van der Waals surface area contributed by atoms with Gasteiger partial charge in [-0.2, -0.15) is 0 Å². The standard InChI is InChI=1S/C23H38N4S/c1-23(2,3)19-6-8-21(9-7-19)26-17-15-25(16-18-26)12-4-5-22(28)27-13-10-20(24)11-14-27/h6-9,20H,4-5,10-18,24H2,1-3H3. The van der Waals surface area contributed by atoms with Crippen LogP contribution in [0.3, 0.4) is 0 Å². The Labute approximate surface area is 177 Å². The summed E-state index contributed by atoms with van der Waals surface area (Å²) < 4.78 is 0. The van der Waals surface area contributed by atoms with Crippen LogP contribution in [0.1, 0.15) is 52.0 Å². The van der Waals surface area contributed by atoms with Gasteiger partial charge >= 0.3 is 0 Å². The van der Waals surface area contributed by atoms with Crippen molar-refractivity contribution in [1.29, 1.82) is 0 Å². The zero-order valence-electron chi connectivity index (χ0n) is 18.0. The molecule has 2 N–H and O–H groups in total. The molecule has 0 saturated carbocycles. The number of nitrogens with zero attached hydrogens (tertiary/aromatic N) is 3. The molecule has 0 amide bonds. The molecule has 2 aliphatic rings. The van der Waals surface area contributed by atoms with Gasteiger partial charge in [0.15, 0.2) is 0 Å². The van der Waals surface area contributed by atoms with E-state index in [2.05, 4.69) is 59.7 Å². The van der Waals surface area contributed by atoms with E-state index in [0.29, 0.717) is 6.04 Å². The van der Waals surface area contributed by atoms with Crippen LogP contribution < -0.4 is 10.6 Å². The summed E-state index contributed by atoms with van der Waals surface area (Å²) in [6, 6.07) is 9.53. The lowest BCUT2D eigenvalue weighted by Gasteiger charge is -2.36. The zero-order chi connectivity index (χ0) is 20.1. The van der Waals surface area contributed by atoms with Gasteiger partial charge < -0.3 is 15.5 Å². The SMILES string of the molecule is CC(C)(C)c1ccc(N2CCN(CCCC(=S)N3CCC(N)CC3)CC2)cc1. The number of piperidine rings is 1. The number of piperazine rings is 1. The average Bonchev–Trinajstić information content (AvgIpc) is 2.68. The summed E-state index contributed by atoms with van der Waals surface area (Å²) in [6.07, 6.45) is 4.37. The van der Waals surface area contributed by atoms with Gasteiger partial charge in [0.05, 0.1) is 4.99 Å². The van der Waals surface area contributed by atoms with E-state index in [1.807, 2.05) is 0 Å². The first-order chi connectivity index (χ1) is 13.3. The van der Waals surface area contributed by atoms with Gasteiger partial charge in [-0.3, -0.25) is 4.90 Å². The molecule has 0 unspecified atom stereocenters. The highest BCUT2D eigenvalue weighted by atomic mass is 32.1. The Hall–Kier alpha value is -1.17. The smallest absolute Gasteiger partial charge is 0.0779 e. The number of benzene rings is 1. The van der Waals surface area contributed by atoms with Crippen LogP contribution in [-0.4, -0.2) is 66.6 Å². The fourth-order valence-electron chi connectivity index (χ4n) is 4.16. The molecule has 2 saturated heterocycles. The predicted molar refractivity (Wildman–Crippen MR) is 124 cm³/mol. The van der Waals surface area contributed by atoms with Crippen LogP contribution in [-0.2, 0) is 5.41 Å². The van der Waals surface area contributed by atoms with Crippen LogP contribution in [0.4, 0.5) is 5.69 Å². The van der Waals surface area contributed by atoms with E-state index in [4.69, 9.17) is 18.0 Å². The molecular formula is C23H38N4S. The molecule has 2 heterocycles. The minimum absolute atomic E-state index is 0.220. The van der Waals surface area contributed by atoms with Gasteiger partial charge in [-0.25, -0.2) is 0 Å². The van der Waals surface area contributed by atoms with Crippen LogP contribution in [0.5, 0.6) is 0 Å². The quantitative estimate of drug-likeness (QED) is 0.761. The largest absolute Gasteiger partial charge is 0.369 e. The van der Waals surface area contributed by atoms with Crippen molar-refractivity contribution in [1.82, 2.24) is 9.80 Å². The van der Waals surface area contributed by atoms with Crippen LogP contribution in [0.25, 0.3) is 0 Å². The van der Waals surface area contributed by atoms with E-state index < -0.39 is 0 Å². The van der Waals surface area contributed by atoms with Crippen LogP contribution in [0.15, 0.2) is 24.3 Å². The van der Waals surface area contributed by atoms with E-state index in [1.54, 1.807) is 0 Å². The molecule has 0 bridgehead atoms. The van der Waals surface area contributed by atoms with Gasteiger partial charge in [-0.1, -0.05) is 45.1 Å². The normalized spacial score (nSPS) is 19.9. The third-order valence-electron chi connectivity index (χ3n) is 6.23. The topological polar surface area (TPSA) is 35.7 Å². The Morgan fingerprint density at radius 1 is 1.00 bits per heavy atom. The van der Waals surface area contributed by atoms with Crippen molar-refractivity contribution in [3.63, 3.8) is 0 Å². The number of anilines is 1. The molecule has 1 aromatic carbocycles. The van der Waals surface area contributed by atoms with Gasteiger partial charge in [-0.15, -0.1) is 0 Å². The minimum Gasteiger partial charge on any atom is -0.369 e. The number of rotatable bonds is 5. The van der Waals surface area contributed by atoms with E-state index in [-0.39, 0.29) is 5.41 Å². The van der Waals surface area contributed by atoms with Crippen LogP contribution >= 0.6 is 12.2 Å². The first-order valence-electron chi connectivity index (χ1n) is 10.9. The Morgan fingerprint density at radius 3 is 2.18 bits per heavy atom. The second-order valence-corrected chi connectivity index (χ2v) is 9.92. The second kappa shape index (κ2) is 9.55. The zero-order valence-corrected chi connectivity index (χ0v) is 18.8. The molecule has 0 atom stereocenters. The summed E-state index contributed by atoms with van der Waals surface area (Å²) in [5, 5.41) is 0. The molecule has 28 heavy (non-hydrogen) atoms. The van der Waals surface area contributed by atoms with E-state index >= 15 is 0 Å². The maximum absolute atomic E-state index is 5.99. The van der Waals surface area contributed by atoms with Crippen LogP contribution in [0.2, 0.25) is 0 Å². The second-order valence-electron chi connectivity index (χ2n) is 9.45. The summed E-state index contributed by atoms with van der Waals surface area (Å²) in [5.41, 5.74) is 8.98. The fraction of sp³-hybridized carbons (Fsp3) is 0.696. The number of hydrogen-bond donors (Lipinski definition) is 1. The molecule has 3 rings (SSSR count). The number of hydrogen-bond acceptors (Lipinski definition) is 4. The third-order valence-corrected chi connectivity index (χ3v) is 6.69. The monoisotopic (exact) mass is 402 g/mol. The summed E-state index contributed by atoms with van der Waals surface area (Å²) in [7, 11) is 0. The molecule has 2 aliphatic heterocycles. The molecule has 4 nitrogen and oxygen atoms in total. The van der Waals surface area contributed by atoms with Crippen LogP contribution in [0, 0.1) is 0 Å². The van der Waals surface area contributed by atoms with Gasteiger partial charge in [0.2, 0.25) is 0 Å². The molecule has 2 fully saturated rings. The molecule has 0 spiro atoms. The highest BCUT2D eigenvalue weighted by molar-refractivity contribution is 7.80. The Bertz CT molecular complexity index is 621. The lowest BCUT2D eigenvalue weighted by Crippen LogP contribution is -2.47. The molecule has 1 aromatic rings. The summed E-state index contributed by atoms with van der Waals surface area (Å²) in [6.45, 7) is 14.6. The van der Waals surface area contributed by atoms with Gasteiger partial charge in [0, 0.05) is 51.0 Å². The maximum atomic E-state index is 5.99. The molecular weight excluding hydrogens is 364 g/mol. The first-order valence-corrected chi connectivity index (χ1v) is 11.3. The van der Waals surface area contributed by atoms with Crippen molar-refractivity contribution in [2.24, 2.45) is 5.73 Å². The number of thiocarbonyl (C=S) groups is 1.